The summed E-state index contributed by atoms with van der Waals surface area (Å²) in [5.74, 6) is 3.42. The lowest BCUT2D eigenvalue weighted by atomic mass is 9.54. The Morgan fingerprint density at radius 2 is 1.81 bits per heavy atom. The molecule has 0 aliphatic heterocycles. The fourth-order valence-electron chi connectivity index (χ4n) is 5.39. The molecule has 0 bridgehead atoms. The minimum atomic E-state index is 0.321. The van der Waals surface area contributed by atoms with Crippen molar-refractivity contribution < 1.29 is 4.79 Å². The summed E-state index contributed by atoms with van der Waals surface area (Å²) in [4.78, 5) is 12.2. The molecule has 3 aliphatic carbocycles. The van der Waals surface area contributed by atoms with Crippen LogP contribution < -0.4 is 0 Å². The standard InChI is InChI=1S/C15H24O/c1-9-5-8-12(16)10-6-7-11-13(14(11,2)3)15(9,10)4/h9-11,13H,5-8H2,1-4H3/t9-,10+,11-,13+,15+/m1/s1. The van der Waals surface area contributed by atoms with E-state index in [-0.39, 0.29) is 0 Å². The Morgan fingerprint density at radius 1 is 1.12 bits per heavy atom. The number of rotatable bonds is 0. The van der Waals surface area contributed by atoms with Crippen LogP contribution in [0.5, 0.6) is 0 Å². The Balaban J connectivity index is 2.00. The lowest BCUT2D eigenvalue weighted by molar-refractivity contribution is -0.137. The zero-order valence-corrected chi connectivity index (χ0v) is 11.0. The van der Waals surface area contributed by atoms with Gasteiger partial charge < -0.3 is 0 Å². The van der Waals surface area contributed by atoms with Gasteiger partial charge in [0.1, 0.15) is 5.78 Å². The van der Waals surface area contributed by atoms with Crippen LogP contribution in [0.25, 0.3) is 0 Å². The third-order valence-corrected chi connectivity index (χ3v) is 6.51. The highest BCUT2D eigenvalue weighted by molar-refractivity contribution is 5.83. The first-order valence-corrected chi connectivity index (χ1v) is 6.93. The largest absolute Gasteiger partial charge is 0.299 e. The van der Waals surface area contributed by atoms with E-state index >= 15 is 0 Å². The summed E-state index contributed by atoms with van der Waals surface area (Å²) in [5, 5.41) is 0. The highest BCUT2D eigenvalue weighted by Gasteiger charge is 2.70. The molecule has 3 saturated carbocycles. The molecule has 0 unspecified atom stereocenters. The van der Waals surface area contributed by atoms with Crippen LogP contribution in [0.3, 0.4) is 0 Å². The first kappa shape index (κ1) is 10.8. The van der Waals surface area contributed by atoms with Gasteiger partial charge in [-0.05, 0) is 47.8 Å². The molecule has 0 saturated heterocycles. The van der Waals surface area contributed by atoms with E-state index in [0.29, 0.717) is 22.5 Å². The highest BCUT2D eigenvalue weighted by Crippen LogP contribution is 2.75. The van der Waals surface area contributed by atoms with Crippen molar-refractivity contribution >= 4 is 5.78 Å². The Bertz CT molecular complexity index is 343. The van der Waals surface area contributed by atoms with Crippen LogP contribution in [-0.2, 0) is 4.79 Å². The van der Waals surface area contributed by atoms with Gasteiger partial charge in [-0.15, -0.1) is 0 Å². The third-order valence-electron chi connectivity index (χ3n) is 6.51. The average molecular weight is 220 g/mol. The maximum atomic E-state index is 12.2. The molecule has 3 aliphatic rings. The summed E-state index contributed by atoms with van der Waals surface area (Å²) in [6.45, 7) is 9.64. The SMILES string of the molecule is C[C@@H]1CCC(=O)[C@@H]2CC[C@@H]3[C@@H](C3(C)C)[C@@]12C. The summed E-state index contributed by atoms with van der Waals surface area (Å²) in [7, 11) is 0. The number of ketones is 1. The van der Waals surface area contributed by atoms with Crippen molar-refractivity contribution in [3.8, 4) is 0 Å². The quantitative estimate of drug-likeness (QED) is 0.608. The fourth-order valence-corrected chi connectivity index (χ4v) is 5.39. The molecule has 0 amide bonds. The second kappa shape index (κ2) is 2.91. The van der Waals surface area contributed by atoms with Crippen LogP contribution in [-0.4, -0.2) is 5.78 Å². The topological polar surface area (TPSA) is 17.1 Å². The summed E-state index contributed by atoms with van der Waals surface area (Å²) >= 11 is 0. The predicted octanol–water partition coefficient (Wildman–Crippen LogP) is 3.67. The average Bonchev–Trinajstić information content (AvgIpc) is 2.78. The van der Waals surface area contributed by atoms with E-state index in [9.17, 15) is 4.79 Å². The van der Waals surface area contributed by atoms with Crippen LogP contribution in [0.15, 0.2) is 0 Å². The Labute approximate surface area is 99.0 Å². The molecule has 3 rings (SSSR count). The van der Waals surface area contributed by atoms with Crippen molar-refractivity contribution in [1.29, 1.82) is 0 Å². The summed E-state index contributed by atoms with van der Waals surface area (Å²) in [6.07, 6.45) is 4.45. The molecule has 0 heterocycles. The zero-order valence-electron chi connectivity index (χ0n) is 11.0. The van der Waals surface area contributed by atoms with Crippen LogP contribution in [0.4, 0.5) is 0 Å². The van der Waals surface area contributed by atoms with E-state index in [4.69, 9.17) is 0 Å². The molecule has 16 heavy (non-hydrogen) atoms. The molecule has 90 valence electrons. The maximum Gasteiger partial charge on any atom is 0.136 e. The van der Waals surface area contributed by atoms with Crippen LogP contribution >= 0.6 is 0 Å². The first-order chi connectivity index (χ1) is 7.40. The van der Waals surface area contributed by atoms with Crippen molar-refractivity contribution in [3.05, 3.63) is 0 Å². The third kappa shape index (κ3) is 1.05. The molecule has 3 fully saturated rings. The summed E-state index contributed by atoms with van der Waals surface area (Å²) in [6, 6.07) is 0. The van der Waals surface area contributed by atoms with Gasteiger partial charge in [-0.25, -0.2) is 0 Å². The molecule has 0 aromatic heterocycles. The number of carbonyl (C=O) groups is 1. The molecule has 0 aromatic rings. The number of hydrogen-bond donors (Lipinski definition) is 0. The van der Waals surface area contributed by atoms with Crippen molar-refractivity contribution in [2.75, 3.05) is 0 Å². The lowest BCUT2D eigenvalue weighted by Crippen LogP contribution is -2.47. The van der Waals surface area contributed by atoms with Gasteiger partial charge in [-0.3, -0.25) is 4.79 Å². The van der Waals surface area contributed by atoms with Crippen molar-refractivity contribution in [1.82, 2.24) is 0 Å². The van der Waals surface area contributed by atoms with Gasteiger partial charge in [0.25, 0.3) is 0 Å². The predicted molar refractivity (Wildman–Crippen MR) is 65.0 cm³/mol. The summed E-state index contributed by atoms with van der Waals surface area (Å²) < 4.78 is 0. The molecule has 1 nitrogen and oxygen atoms in total. The normalized spacial score (nSPS) is 54.1. The van der Waals surface area contributed by atoms with E-state index in [1.165, 1.54) is 12.8 Å². The van der Waals surface area contributed by atoms with E-state index in [2.05, 4.69) is 27.7 Å². The van der Waals surface area contributed by atoms with E-state index in [0.717, 1.165) is 30.6 Å². The van der Waals surface area contributed by atoms with Gasteiger partial charge in [0.2, 0.25) is 0 Å². The van der Waals surface area contributed by atoms with Gasteiger partial charge >= 0.3 is 0 Å². The van der Waals surface area contributed by atoms with Crippen molar-refractivity contribution in [2.45, 2.75) is 53.4 Å². The van der Waals surface area contributed by atoms with Crippen LogP contribution in [0.2, 0.25) is 0 Å². The monoisotopic (exact) mass is 220 g/mol. The first-order valence-electron chi connectivity index (χ1n) is 6.93. The van der Waals surface area contributed by atoms with Gasteiger partial charge in [0.05, 0.1) is 0 Å². The van der Waals surface area contributed by atoms with Gasteiger partial charge in [0, 0.05) is 12.3 Å². The van der Waals surface area contributed by atoms with Crippen molar-refractivity contribution in [2.24, 2.45) is 34.5 Å². The molecular weight excluding hydrogens is 196 g/mol. The number of carbonyl (C=O) groups excluding carboxylic acids is 1. The van der Waals surface area contributed by atoms with Crippen LogP contribution in [0, 0.1) is 34.5 Å². The fraction of sp³-hybridized carbons (Fsp3) is 0.933. The number of Topliss-reactive ketones (excluding diaryl/α,β-unsaturated/α-hetero) is 1. The molecule has 0 aromatic carbocycles. The minimum absolute atomic E-state index is 0.321. The van der Waals surface area contributed by atoms with E-state index in [1.54, 1.807) is 0 Å². The molecule has 0 radical (unpaired) electrons. The molecule has 0 spiro atoms. The molecule has 1 heteroatoms. The van der Waals surface area contributed by atoms with Crippen molar-refractivity contribution in [3.63, 3.8) is 0 Å². The zero-order chi connectivity index (χ0) is 11.7. The lowest BCUT2D eigenvalue weighted by Gasteiger charge is -2.49. The van der Waals surface area contributed by atoms with E-state index < -0.39 is 0 Å². The number of hydrogen-bond acceptors (Lipinski definition) is 1. The second-order valence-corrected chi connectivity index (χ2v) is 7.31. The molecule has 5 atom stereocenters. The van der Waals surface area contributed by atoms with Gasteiger partial charge in [-0.2, -0.15) is 0 Å². The minimum Gasteiger partial charge on any atom is -0.299 e. The Morgan fingerprint density at radius 3 is 2.50 bits per heavy atom. The maximum absolute atomic E-state index is 12.2. The smallest absolute Gasteiger partial charge is 0.136 e. The van der Waals surface area contributed by atoms with Crippen LogP contribution in [0.1, 0.15) is 53.4 Å². The Kier molecular flexibility index (Phi) is 1.97. The summed E-state index contributed by atoms with van der Waals surface area (Å²) in [5.41, 5.74) is 0.830. The second-order valence-electron chi connectivity index (χ2n) is 7.31. The molecule has 0 N–H and O–H groups in total. The van der Waals surface area contributed by atoms with E-state index in [1.807, 2.05) is 0 Å². The Hall–Kier alpha value is -0.330. The highest BCUT2D eigenvalue weighted by atomic mass is 16.1. The van der Waals surface area contributed by atoms with Gasteiger partial charge in [-0.1, -0.05) is 27.7 Å². The number of fused-ring (bicyclic) bond motifs is 3. The molecular formula is C15H24O. The van der Waals surface area contributed by atoms with Gasteiger partial charge in [0.15, 0.2) is 0 Å².